The number of aryl methyl sites for hydroxylation is 1. The first-order valence-electron chi connectivity index (χ1n) is 10.9. The minimum absolute atomic E-state index is 0.00941. The summed E-state index contributed by atoms with van der Waals surface area (Å²) in [7, 11) is 0. The number of piperidine rings is 1. The SMILES string of the molecule is Cc1onc(C(=O)N2CCC[C@H](c3nc(C4CCOCC4)no3)C2)c1Cn1cc(Cl)cn1. The van der Waals surface area contributed by atoms with Crippen LogP contribution in [0.2, 0.25) is 5.02 Å². The molecule has 0 aliphatic carbocycles. The number of ether oxygens (including phenoxy) is 1. The number of carbonyl (C=O) groups excluding carboxylic acids is 1. The largest absolute Gasteiger partial charge is 0.381 e. The van der Waals surface area contributed by atoms with E-state index in [4.69, 9.17) is 25.4 Å². The van der Waals surface area contributed by atoms with Crippen LogP contribution in [0.4, 0.5) is 0 Å². The Balaban J connectivity index is 1.30. The molecule has 2 fully saturated rings. The maximum absolute atomic E-state index is 13.3. The van der Waals surface area contributed by atoms with Crippen LogP contribution >= 0.6 is 11.6 Å². The summed E-state index contributed by atoms with van der Waals surface area (Å²) in [5.41, 5.74) is 1.01. The van der Waals surface area contributed by atoms with Gasteiger partial charge in [-0.25, -0.2) is 0 Å². The highest BCUT2D eigenvalue weighted by Crippen LogP contribution is 2.30. The first-order chi connectivity index (χ1) is 15.6. The number of amides is 1. The molecule has 0 aromatic carbocycles. The number of nitrogens with zero attached hydrogens (tertiary/aromatic N) is 6. The second-order valence-corrected chi connectivity index (χ2v) is 8.83. The van der Waals surface area contributed by atoms with Gasteiger partial charge in [-0.3, -0.25) is 9.48 Å². The number of likely N-dealkylation sites (tertiary alicyclic amines) is 1. The number of hydrogen-bond donors (Lipinski definition) is 0. The lowest BCUT2D eigenvalue weighted by atomic mass is 9.96. The van der Waals surface area contributed by atoms with Crippen molar-refractivity contribution in [3.05, 3.63) is 46.1 Å². The Hall–Kier alpha value is -2.72. The van der Waals surface area contributed by atoms with Gasteiger partial charge in [-0.05, 0) is 32.6 Å². The highest BCUT2D eigenvalue weighted by Gasteiger charge is 2.33. The van der Waals surface area contributed by atoms with Crippen molar-refractivity contribution in [3.63, 3.8) is 0 Å². The average Bonchev–Trinajstić information content (AvgIpc) is 3.55. The number of rotatable bonds is 5. The second kappa shape index (κ2) is 9.03. The van der Waals surface area contributed by atoms with E-state index in [1.54, 1.807) is 28.9 Å². The van der Waals surface area contributed by atoms with Crippen LogP contribution in [0.15, 0.2) is 21.4 Å². The molecule has 0 unspecified atom stereocenters. The van der Waals surface area contributed by atoms with Crippen LogP contribution in [0.3, 0.4) is 0 Å². The molecule has 2 aliphatic heterocycles. The zero-order valence-corrected chi connectivity index (χ0v) is 18.6. The molecule has 10 nitrogen and oxygen atoms in total. The molecule has 32 heavy (non-hydrogen) atoms. The van der Waals surface area contributed by atoms with E-state index in [1.807, 2.05) is 0 Å². The van der Waals surface area contributed by atoms with Crippen molar-refractivity contribution >= 4 is 17.5 Å². The van der Waals surface area contributed by atoms with Crippen LogP contribution in [0.5, 0.6) is 0 Å². The highest BCUT2D eigenvalue weighted by molar-refractivity contribution is 6.30. The monoisotopic (exact) mass is 460 g/mol. The molecule has 3 aromatic heterocycles. The maximum Gasteiger partial charge on any atom is 0.276 e. The van der Waals surface area contributed by atoms with Gasteiger partial charge in [-0.2, -0.15) is 10.1 Å². The van der Waals surface area contributed by atoms with Gasteiger partial charge in [0.2, 0.25) is 5.89 Å². The van der Waals surface area contributed by atoms with Gasteiger partial charge in [0.1, 0.15) is 5.76 Å². The van der Waals surface area contributed by atoms with Gasteiger partial charge in [0.25, 0.3) is 5.91 Å². The van der Waals surface area contributed by atoms with Crippen LogP contribution in [-0.2, 0) is 11.3 Å². The average molecular weight is 461 g/mol. The fourth-order valence-electron chi connectivity index (χ4n) is 4.38. The van der Waals surface area contributed by atoms with Crippen molar-refractivity contribution in [2.75, 3.05) is 26.3 Å². The number of halogens is 1. The third kappa shape index (κ3) is 4.29. The molecule has 5 heterocycles. The Labute approximate surface area is 189 Å². The molecule has 5 rings (SSSR count). The van der Waals surface area contributed by atoms with Gasteiger partial charge >= 0.3 is 0 Å². The lowest BCUT2D eigenvalue weighted by Crippen LogP contribution is -2.39. The standard InChI is InChI=1S/C21H25ClN6O4/c1-13-17(12-28-11-16(22)9-23-28)18(25-31-13)21(29)27-6-2-3-15(10-27)20-24-19(26-32-20)14-4-7-30-8-5-14/h9,11,14-15H,2-8,10,12H2,1H3/t15-/m0/s1. The molecule has 2 saturated heterocycles. The van der Waals surface area contributed by atoms with Crippen LogP contribution in [-0.4, -0.2) is 62.2 Å². The van der Waals surface area contributed by atoms with Crippen LogP contribution in [0.1, 0.15) is 71.0 Å². The highest BCUT2D eigenvalue weighted by atomic mass is 35.5. The molecule has 1 atom stereocenters. The third-order valence-corrected chi connectivity index (χ3v) is 6.41. The van der Waals surface area contributed by atoms with Crippen molar-refractivity contribution in [2.24, 2.45) is 0 Å². The Kier molecular flexibility index (Phi) is 5.97. The molecular weight excluding hydrogens is 436 g/mol. The van der Waals surface area contributed by atoms with Gasteiger partial charge in [0.15, 0.2) is 11.5 Å². The molecule has 11 heteroatoms. The van der Waals surface area contributed by atoms with E-state index in [9.17, 15) is 4.79 Å². The van der Waals surface area contributed by atoms with Crippen molar-refractivity contribution in [3.8, 4) is 0 Å². The molecule has 0 radical (unpaired) electrons. The van der Waals surface area contributed by atoms with Gasteiger partial charge < -0.3 is 18.7 Å². The summed E-state index contributed by atoms with van der Waals surface area (Å²) in [6, 6.07) is 0. The van der Waals surface area contributed by atoms with E-state index >= 15 is 0 Å². The topological polar surface area (TPSA) is 112 Å². The summed E-state index contributed by atoms with van der Waals surface area (Å²) in [6.07, 6.45) is 6.82. The molecule has 0 bridgehead atoms. The summed E-state index contributed by atoms with van der Waals surface area (Å²) < 4.78 is 18.0. The summed E-state index contributed by atoms with van der Waals surface area (Å²) >= 11 is 5.97. The maximum atomic E-state index is 13.3. The van der Waals surface area contributed by atoms with Crippen molar-refractivity contribution < 1.29 is 18.6 Å². The molecule has 170 valence electrons. The van der Waals surface area contributed by atoms with Gasteiger partial charge in [-0.1, -0.05) is 21.9 Å². The molecule has 1 amide bonds. The fraction of sp³-hybridized carbons (Fsp3) is 0.571. The Morgan fingerprint density at radius 1 is 1.19 bits per heavy atom. The van der Waals surface area contributed by atoms with Crippen molar-refractivity contribution in [1.82, 2.24) is 30.0 Å². The molecular formula is C21H25ClN6O4. The first-order valence-corrected chi connectivity index (χ1v) is 11.3. The second-order valence-electron chi connectivity index (χ2n) is 8.39. The Bertz CT molecular complexity index is 1090. The number of hydrogen-bond acceptors (Lipinski definition) is 8. The van der Waals surface area contributed by atoms with E-state index in [-0.39, 0.29) is 17.7 Å². The third-order valence-electron chi connectivity index (χ3n) is 6.21. The quantitative estimate of drug-likeness (QED) is 0.570. The zero-order chi connectivity index (χ0) is 22.1. The van der Waals surface area contributed by atoms with E-state index in [0.29, 0.717) is 47.6 Å². The minimum atomic E-state index is -0.163. The van der Waals surface area contributed by atoms with Crippen molar-refractivity contribution in [2.45, 2.75) is 51.0 Å². The van der Waals surface area contributed by atoms with Gasteiger partial charge in [-0.15, -0.1) is 0 Å². The zero-order valence-electron chi connectivity index (χ0n) is 17.9. The normalized spacial score (nSPS) is 20.1. The number of aromatic nitrogens is 5. The van der Waals surface area contributed by atoms with Gasteiger partial charge in [0.05, 0.1) is 23.7 Å². The lowest BCUT2D eigenvalue weighted by Gasteiger charge is -2.30. The minimum Gasteiger partial charge on any atom is -0.381 e. The summed E-state index contributed by atoms with van der Waals surface area (Å²) in [5, 5.41) is 13.0. The first kappa shape index (κ1) is 21.1. The van der Waals surface area contributed by atoms with E-state index in [0.717, 1.165) is 44.7 Å². The molecule has 2 aliphatic rings. The van der Waals surface area contributed by atoms with Crippen LogP contribution in [0, 0.1) is 6.92 Å². The molecule has 0 saturated carbocycles. The Morgan fingerprint density at radius 3 is 2.81 bits per heavy atom. The van der Waals surface area contributed by atoms with E-state index in [1.165, 1.54) is 0 Å². The predicted octanol–water partition coefficient (Wildman–Crippen LogP) is 3.18. The smallest absolute Gasteiger partial charge is 0.276 e. The molecule has 0 spiro atoms. The predicted molar refractivity (Wildman–Crippen MR) is 113 cm³/mol. The van der Waals surface area contributed by atoms with Crippen molar-refractivity contribution in [1.29, 1.82) is 0 Å². The fourth-order valence-corrected chi connectivity index (χ4v) is 4.54. The Morgan fingerprint density at radius 2 is 2.03 bits per heavy atom. The summed E-state index contributed by atoms with van der Waals surface area (Å²) in [4.78, 5) is 19.8. The summed E-state index contributed by atoms with van der Waals surface area (Å²) in [6.45, 7) is 4.76. The summed E-state index contributed by atoms with van der Waals surface area (Å²) in [5.74, 6) is 2.07. The molecule has 3 aromatic rings. The lowest BCUT2D eigenvalue weighted by molar-refractivity contribution is 0.0684. The van der Waals surface area contributed by atoms with E-state index in [2.05, 4.69) is 20.4 Å². The molecule has 0 N–H and O–H groups in total. The van der Waals surface area contributed by atoms with Gasteiger partial charge in [0, 0.05) is 44.0 Å². The van der Waals surface area contributed by atoms with Crippen LogP contribution < -0.4 is 0 Å². The number of carbonyl (C=O) groups is 1. The van der Waals surface area contributed by atoms with E-state index < -0.39 is 0 Å². The van der Waals surface area contributed by atoms with Crippen LogP contribution in [0.25, 0.3) is 0 Å².